The third kappa shape index (κ3) is 6.38. The van der Waals surface area contributed by atoms with E-state index in [9.17, 15) is 4.79 Å². The number of hydrogen-bond acceptors (Lipinski definition) is 9. The van der Waals surface area contributed by atoms with E-state index in [4.69, 9.17) is 37.4 Å². The number of nitrogens with zero attached hydrogens (tertiary/aromatic N) is 5. The number of aromatic nitrogens is 2. The molecule has 4 rings (SSSR count). The fourth-order valence-electron chi connectivity index (χ4n) is 4.33. The first-order valence-electron chi connectivity index (χ1n) is 12.7. The SMILES string of the molecule is CCN1CCN(c2ccc(Nc3cc(N(C)C(=O)Nc4c(Cl)c(OC)cc(OC)c4Cl)ncn3)c(OC)c2)CC1. The zero-order valence-corrected chi connectivity index (χ0v) is 24.6. The van der Waals surface area contributed by atoms with E-state index in [-0.39, 0.29) is 15.7 Å². The smallest absolute Gasteiger partial charge is 0.327 e. The van der Waals surface area contributed by atoms with Crippen LogP contribution in [-0.4, -0.2) is 82.0 Å². The van der Waals surface area contributed by atoms with E-state index in [1.54, 1.807) is 26.3 Å². The van der Waals surface area contributed by atoms with E-state index >= 15 is 0 Å². The Morgan fingerprint density at radius 3 is 2.20 bits per heavy atom. The monoisotopic (exact) mass is 589 g/mol. The summed E-state index contributed by atoms with van der Waals surface area (Å²) < 4.78 is 16.2. The Morgan fingerprint density at radius 2 is 1.60 bits per heavy atom. The normalized spacial score (nSPS) is 13.5. The zero-order valence-electron chi connectivity index (χ0n) is 23.1. The van der Waals surface area contributed by atoms with E-state index in [1.807, 2.05) is 12.1 Å². The van der Waals surface area contributed by atoms with Gasteiger partial charge in [-0.2, -0.15) is 0 Å². The number of likely N-dealkylation sites (N-methyl/N-ethyl adjacent to an activating group) is 1. The summed E-state index contributed by atoms with van der Waals surface area (Å²) in [6, 6.07) is 8.68. The Balaban J connectivity index is 1.49. The molecule has 2 N–H and O–H groups in total. The highest BCUT2D eigenvalue weighted by Crippen LogP contribution is 2.44. The van der Waals surface area contributed by atoms with E-state index in [0.717, 1.165) is 44.1 Å². The molecule has 0 bridgehead atoms. The number of halogens is 2. The number of amides is 2. The molecule has 3 aromatic rings. The van der Waals surface area contributed by atoms with E-state index in [2.05, 4.69) is 43.4 Å². The van der Waals surface area contributed by atoms with Gasteiger partial charge in [-0.3, -0.25) is 4.90 Å². The number of anilines is 5. The van der Waals surface area contributed by atoms with Crippen LogP contribution in [0.5, 0.6) is 17.2 Å². The number of carbonyl (C=O) groups excluding carboxylic acids is 1. The summed E-state index contributed by atoms with van der Waals surface area (Å²) in [7, 11) is 6.11. The van der Waals surface area contributed by atoms with Crippen molar-refractivity contribution in [1.82, 2.24) is 14.9 Å². The molecule has 0 saturated carbocycles. The van der Waals surface area contributed by atoms with Crippen molar-refractivity contribution in [3.8, 4) is 17.2 Å². The van der Waals surface area contributed by atoms with Crippen molar-refractivity contribution in [2.24, 2.45) is 0 Å². The van der Waals surface area contributed by atoms with Crippen molar-refractivity contribution >= 4 is 57.9 Å². The lowest BCUT2D eigenvalue weighted by molar-refractivity contribution is 0.258. The summed E-state index contributed by atoms with van der Waals surface area (Å²) in [4.78, 5) is 27.8. The second-order valence-corrected chi connectivity index (χ2v) is 9.72. The van der Waals surface area contributed by atoms with Crippen LogP contribution >= 0.6 is 23.2 Å². The van der Waals surface area contributed by atoms with Crippen LogP contribution in [0.25, 0.3) is 0 Å². The highest BCUT2D eigenvalue weighted by atomic mass is 35.5. The minimum atomic E-state index is -0.533. The second-order valence-electron chi connectivity index (χ2n) is 8.97. The number of methoxy groups -OCH3 is 3. The molecule has 1 aliphatic heterocycles. The summed E-state index contributed by atoms with van der Waals surface area (Å²) in [5.41, 5.74) is 1.99. The Labute approximate surface area is 243 Å². The van der Waals surface area contributed by atoms with Gasteiger partial charge in [0, 0.05) is 57.1 Å². The van der Waals surface area contributed by atoms with Gasteiger partial charge in [0.2, 0.25) is 0 Å². The summed E-state index contributed by atoms with van der Waals surface area (Å²) in [5.74, 6) is 2.10. The van der Waals surface area contributed by atoms with Crippen LogP contribution in [0.2, 0.25) is 10.0 Å². The lowest BCUT2D eigenvalue weighted by Crippen LogP contribution is -2.46. The minimum absolute atomic E-state index is 0.142. The first-order chi connectivity index (χ1) is 19.3. The molecule has 0 radical (unpaired) electrons. The van der Waals surface area contributed by atoms with Gasteiger partial charge in [-0.1, -0.05) is 30.1 Å². The molecule has 2 amide bonds. The van der Waals surface area contributed by atoms with Crippen LogP contribution in [0, 0.1) is 0 Å². The molecule has 0 atom stereocenters. The second kappa shape index (κ2) is 13.1. The molecule has 2 aromatic carbocycles. The predicted octanol–water partition coefficient (Wildman–Crippen LogP) is 5.36. The molecule has 11 nitrogen and oxygen atoms in total. The summed E-state index contributed by atoms with van der Waals surface area (Å²) in [5, 5.41) is 6.26. The Hall–Kier alpha value is -3.67. The fourth-order valence-corrected chi connectivity index (χ4v) is 4.92. The van der Waals surface area contributed by atoms with Crippen molar-refractivity contribution in [3.63, 3.8) is 0 Å². The molecule has 0 spiro atoms. The van der Waals surface area contributed by atoms with Crippen molar-refractivity contribution in [1.29, 1.82) is 0 Å². The van der Waals surface area contributed by atoms with Gasteiger partial charge in [0.15, 0.2) is 0 Å². The minimum Gasteiger partial charge on any atom is -0.495 e. The summed E-state index contributed by atoms with van der Waals surface area (Å²) >= 11 is 12.8. The highest BCUT2D eigenvalue weighted by Gasteiger charge is 2.22. The van der Waals surface area contributed by atoms with Gasteiger partial charge in [0.25, 0.3) is 0 Å². The molecule has 13 heteroatoms. The predicted molar refractivity (Wildman–Crippen MR) is 160 cm³/mol. The molecule has 1 aromatic heterocycles. The maximum absolute atomic E-state index is 13.1. The van der Waals surface area contributed by atoms with Gasteiger partial charge < -0.3 is 34.6 Å². The number of rotatable bonds is 9. The quantitative estimate of drug-likeness (QED) is 0.341. The van der Waals surface area contributed by atoms with E-state index < -0.39 is 6.03 Å². The molecule has 40 heavy (non-hydrogen) atoms. The van der Waals surface area contributed by atoms with Crippen LogP contribution in [0.1, 0.15) is 6.92 Å². The van der Waals surface area contributed by atoms with Crippen molar-refractivity contribution < 1.29 is 19.0 Å². The summed E-state index contributed by atoms with van der Waals surface area (Å²) in [6.07, 6.45) is 1.37. The molecule has 1 fully saturated rings. The van der Waals surface area contributed by atoms with Crippen molar-refractivity contribution in [3.05, 3.63) is 46.7 Å². The molecule has 0 unspecified atom stereocenters. The number of ether oxygens (including phenoxy) is 3. The first-order valence-corrected chi connectivity index (χ1v) is 13.4. The lowest BCUT2D eigenvalue weighted by atomic mass is 10.2. The van der Waals surface area contributed by atoms with E-state index in [1.165, 1.54) is 25.4 Å². The number of benzene rings is 2. The van der Waals surface area contributed by atoms with Crippen LogP contribution in [0.3, 0.4) is 0 Å². The zero-order chi connectivity index (χ0) is 28.8. The number of piperazine rings is 1. The molecular weight excluding hydrogens is 557 g/mol. The molecular formula is C27H33Cl2N7O4. The average Bonchev–Trinajstić information content (AvgIpc) is 2.99. The number of hydrogen-bond donors (Lipinski definition) is 2. The van der Waals surface area contributed by atoms with Gasteiger partial charge in [0.1, 0.15) is 45.3 Å². The van der Waals surface area contributed by atoms with Crippen LogP contribution < -0.4 is 34.6 Å². The maximum Gasteiger partial charge on any atom is 0.327 e. The first kappa shape index (κ1) is 29.3. The maximum atomic E-state index is 13.1. The Kier molecular flexibility index (Phi) is 9.62. The van der Waals surface area contributed by atoms with Crippen molar-refractivity contribution in [2.75, 3.05) is 81.5 Å². The standard InChI is InChI=1S/C27H33Cl2N7O4/c1-6-35-9-11-36(12-10-35)17-7-8-18(19(13-17)38-3)32-22-15-23(31-16-30-22)34(2)27(37)33-26-24(28)20(39-4)14-21(40-5)25(26)29/h7-8,13-16H,6,9-12H2,1-5H3,(H,33,37)(H,30,31,32). The van der Waals surface area contributed by atoms with Crippen LogP contribution in [-0.2, 0) is 0 Å². The van der Waals surface area contributed by atoms with Gasteiger partial charge in [0.05, 0.1) is 32.7 Å². The average molecular weight is 591 g/mol. The van der Waals surface area contributed by atoms with Gasteiger partial charge in [-0.15, -0.1) is 0 Å². The third-order valence-corrected chi connectivity index (χ3v) is 7.49. The Morgan fingerprint density at radius 1 is 0.950 bits per heavy atom. The fraction of sp³-hybridized carbons (Fsp3) is 0.370. The van der Waals surface area contributed by atoms with Gasteiger partial charge in [-0.05, 0) is 18.7 Å². The molecule has 2 heterocycles. The van der Waals surface area contributed by atoms with Crippen molar-refractivity contribution in [2.45, 2.75) is 6.92 Å². The number of urea groups is 1. The lowest BCUT2D eigenvalue weighted by Gasteiger charge is -2.35. The van der Waals surface area contributed by atoms with Crippen LogP contribution in [0.15, 0.2) is 36.7 Å². The van der Waals surface area contributed by atoms with Gasteiger partial charge >= 0.3 is 6.03 Å². The topological polar surface area (TPSA) is 104 Å². The summed E-state index contributed by atoms with van der Waals surface area (Å²) in [6.45, 7) is 7.25. The molecule has 1 saturated heterocycles. The third-order valence-electron chi connectivity index (χ3n) is 6.74. The van der Waals surface area contributed by atoms with E-state index in [0.29, 0.717) is 28.9 Å². The Bertz CT molecular complexity index is 1320. The number of carbonyl (C=O) groups is 1. The highest BCUT2D eigenvalue weighted by molar-refractivity contribution is 6.41. The molecule has 0 aliphatic carbocycles. The molecule has 1 aliphatic rings. The largest absolute Gasteiger partial charge is 0.495 e. The van der Waals surface area contributed by atoms with Crippen LogP contribution in [0.4, 0.5) is 33.5 Å². The molecule has 214 valence electrons. The van der Waals surface area contributed by atoms with Gasteiger partial charge in [-0.25, -0.2) is 14.8 Å². The number of nitrogens with one attached hydrogen (secondary N) is 2.